The molecule has 0 bridgehead atoms. The van der Waals surface area contributed by atoms with Crippen molar-refractivity contribution in [3.8, 4) is 5.75 Å². The molecule has 7 heteroatoms. The summed E-state index contributed by atoms with van der Waals surface area (Å²) in [6.07, 6.45) is 0.887. The van der Waals surface area contributed by atoms with E-state index >= 15 is 0 Å². The van der Waals surface area contributed by atoms with E-state index in [2.05, 4.69) is 31.9 Å². The molecule has 100 valence electrons. The molecule has 1 aromatic carbocycles. The third kappa shape index (κ3) is 3.91. The summed E-state index contributed by atoms with van der Waals surface area (Å²) in [4.78, 5) is 10.2. The lowest BCUT2D eigenvalue weighted by atomic mass is 10.1. The van der Waals surface area contributed by atoms with E-state index in [-0.39, 0.29) is 21.8 Å². The maximum absolute atomic E-state index is 13.1. The Morgan fingerprint density at radius 3 is 2.72 bits per heavy atom. The van der Waals surface area contributed by atoms with Gasteiger partial charge in [-0.3, -0.25) is 10.1 Å². The molecule has 0 fully saturated rings. The Labute approximate surface area is 121 Å². The molecule has 1 aromatic rings. The van der Waals surface area contributed by atoms with Gasteiger partial charge in [0.05, 0.1) is 22.1 Å². The van der Waals surface area contributed by atoms with Gasteiger partial charge in [-0.1, -0.05) is 22.9 Å². The molecule has 0 saturated carbocycles. The Hall–Kier alpha value is -0.690. The number of nitro groups is 1. The van der Waals surface area contributed by atoms with E-state index in [0.717, 1.165) is 23.9 Å². The van der Waals surface area contributed by atoms with Crippen LogP contribution in [0.4, 0.5) is 10.1 Å². The van der Waals surface area contributed by atoms with Crippen molar-refractivity contribution in [3.63, 3.8) is 0 Å². The molecule has 0 aromatic heterocycles. The predicted octanol–water partition coefficient (Wildman–Crippen LogP) is 4.30. The van der Waals surface area contributed by atoms with E-state index in [1.165, 1.54) is 0 Å². The molecule has 0 spiro atoms. The molecule has 0 radical (unpaired) electrons. The van der Waals surface area contributed by atoms with Crippen molar-refractivity contribution in [3.05, 3.63) is 32.5 Å². The van der Waals surface area contributed by atoms with Crippen LogP contribution in [-0.2, 0) is 0 Å². The van der Waals surface area contributed by atoms with E-state index < -0.39 is 10.7 Å². The van der Waals surface area contributed by atoms with Gasteiger partial charge in [0.2, 0.25) is 5.75 Å². The second-order valence-corrected chi connectivity index (χ2v) is 5.23. The summed E-state index contributed by atoms with van der Waals surface area (Å²) in [5.74, 6) is -0.351. The lowest BCUT2D eigenvalue weighted by Crippen LogP contribution is -2.13. The first-order valence-corrected chi connectivity index (χ1v) is 7.23. The number of ether oxygens (including phenoxy) is 1. The molecule has 0 aliphatic rings. The fraction of sp³-hybridized carbons (Fsp3) is 0.455. The van der Waals surface area contributed by atoms with Crippen molar-refractivity contribution in [1.82, 2.24) is 0 Å². The van der Waals surface area contributed by atoms with Crippen molar-refractivity contribution < 1.29 is 14.1 Å². The SMILES string of the molecule is CCC(CBr)COc1c(Br)cc(F)cc1[N+](=O)[O-]. The van der Waals surface area contributed by atoms with Gasteiger partial charge in [-0.15, -0.1) is 0 Å². The number of rotatable bonds is 6. The first kappa shape index (κ1) is 15.4. The molecule has 1 atom stereocenters. The number of halogens is 3. The van der Waals surface area contributed by atoms with Gasteiger partial charge in [0.25, 0.3) is 0 Å². The van der Waals surface area contributed by atoms with Gasteiger partial charge in [-0.25, -0.2) is 4.39 Å². The number of alkyl halides is 1. The molecule has 0 aliphatic heterocycles. The zero-order valence-corrected chi connectivity index (χ0v) is 12.8. The van der Waals surface area contributed by atoms with Crippen molar-refractivity contribution in [1.29, 1.82) is 0 Å². The largest absolute Gasteiger partial charge is 0.486 e. The van der Waals surface area contributed by atoms with E-state index in [9.17, 15) is 14.5 Å². The number of nitro benzene ring substituents is 1. The van der Waals surface area contributed by atoms with Crippen LogP contribution in [0, 0.1) is 21.8 Å². The molecular weight excluding hydrogens is 373 g/mol. The summed E-state index contributed by atoms with van der Waals surface area (Å²) in [6.45, 7) is 2.34. The van der Waals surface area contributed by atoms with Gasteiger partial charge >= 0.3 is 5.69 Å². The molecule has 1 rings (SSSR count). The zero-order chi connectivity index (χ0) is 13.7. The smallest absolute Gasteiger partial charge is 0.315 e. The van der Waals surface area contributed by atoms with E-state index in [1.807, 2.05) is 6.92 Å². The van der Waals surface area contributed by atoms with Crippen molar-refractivity contribution in [2.75, 3.05) is 11.9 Å². The van der Waals surface area contributed by atoms with Gasteiger partial charge in [-0.2, -0.15) is 0 Å². The van der Waals surface area contributed by atoms with Crippen molar-refractivity contribution in [2.45, 2.75) is 13.3 Å². The average molecular weight is 385 g/mol. The molecule has 18 heavy (non-hydrogen) atoms. The van der Waals surface area contributed by atoms with Crippen LogP contribution in [0.5, 0.6) is 5.75 Å². The standard InChI is InChI=1S/C11H12Br2FNO3/c1-2-7(5-12)6-18-11-9(13)3-8(14)4-10(11)15(16)17/h3-4,7H,2,5-6H2,1H3. The summed E-state index contributed by atoms with van der Waals surface area (Å²) in [5, 5.41) is 11.6. The molecule has 0 amide bonds. The quantitative estimate of drug-likeness (QED) is 0.417. The van der Waals surface area contributed by atoms with E-state index in [4.69, 9.17) is 4.74 Å². The molecular formula is C11H12Br2FNO3. The fourth-order valence-corrected chi connectivity index (χ4v) is 2.48. The van der Waals surface area contributed by atoms with Gasteiger partial charge in [0.1, 0.15) is 5.82 Å². The minimum Gasteiger partial charge on any atom is -0.486 e. The highest BCUT2D eigenvalue weighted by Gasteiger charge is 2.21. The van der Waals surface area contributed by atoms with E-state index in [1.54, 1.807) is 0 Å². The zero-order valence-electron chi connectivity index (χ0n) is 9.66. The first-order chi connectivity index (χ1) is 8.49. The summed E-state index contributed by atoms with van der Waals surface area (Å²) >= 11 is 6.42. The Bertz CT molecular complexity index is 439. The van der Waals surface area contributed by atoms with Crippen LogP contribution in [0.3, 0.4) is 0 Å². The van der Waals surface area contributed by atoms with Gasteiger partial charge in [-0.05, 0) is 28.4 Å². The van der Waals surface area contributed by atoms with Crippen LogP contribution < -0.4 is 4.74 Å². The molecule has 4 nitrogen and oxygen atoms in total. The average Bonchev–Trinajstić information content (AvgIpc) is 2.31. The van der Waals surface area contributed by atoms with E-state index in [0.29, 0.717) is 6.61 Å². The monoisotopic (exact) mass is 383 g/mol. The number of hydrogen-bond acceptors (Lipinski definition) is 3. The molecule has 0 N–H and O–H groups in total. The highest BCUT2D eigenvalue weighted by molar-refractivity contribution is 9.10. The Morgan fingerprint density at radius 1 is 1.56 bits per heavy atom. The molecule has 0 aliphatic carbocycles. The van der Waals surface area contributed by atoms with Crippen molar-refractivity contribution in [2.24, 2.45) is 5.92 Å². The fourth-order valence-electron chi connectivity index (χ4n) is 1.30. The first-order valence-electron chi connectivity index (χ1n) is 5.31. The minimum atomic E-state index is -0.673. The maximum atomic E-state index is 13.1. The number of nitrogens with zero attached hydrogens (tertiary/aromatic N) is 1. The third-order valence-corrected chi connectivity index (χ3v) is 3.95. The normalized spacial score (nSPS) is 12.2. The predicted molar refractivity (Wildman–Crippen MR) is 73.8 cm³/mol. The number of benzene rings is 1. The lowest BCUT2D eigenvalue weighted by molar-refractivity contribution is -0.386. The van der Waals surface area contributed by atoms with Crippen LogP contribution in [0.2, 0.25) is 0 Å². The lowest BCUT2D eigenvalue weighted by Gasteiger charge is -2.14. The highest BCUT2D eigenvalue weighted by Crippen LogP contribution is 2.36. The minimum absolute atomic E-state index is 0.0702. The van der Waals surface area contributed by atoms with Crippen LogP contribution in [0.1, 0.15) is 13.3 Å². The molecule has 1 unspecified atom stereocenters. The van der Waals surface area contributed by atoms with Gasteiger partial charge in [0.15, 0.2) is 0 Å². The Balaban J connectivity index is 2.96. The Kier molecular flexibility index (Phi) is 6.01. The van der Waals surface area contributed by atoms with Gasteiger partial charge < -0.3 is 4.74 Å². The van der Waals surface area contributed by atoms with Crippen LogP contribution in [0.25, 0.3) is 0 Å². The number of hydrogen-bond donors (Lipinski definition) is 0. The van der Waals surface area contributed by atoms with Crippen LogP contribution >= 0.6 is 31.9 Å². The molecule has 0 heterocycles. The third-order valence-electron chi connectivity index (χ3n) is 2.44. The summed E-state index contributed by atoms with van der Waals surface area (Å²) in [6, 6.07) is 2.01. The topological polar surface area (TPSA) is 52.4 Å². The second-order valence-electron chi connectivity index (χ2n) is 3.73. The van der Waals surface area contributed by atoms with Crippen LogP contribution in [-0.4, -0.2) is 16.9 Å². The summed E-state index contributed by atoms with van der Waals surface area (Å²) in [7, 11) is 0. The summed E-state index contributed by atoms with van der Waals surface area (Å²) in [5.41, 5.74) is -0.369. The van der Waals surface area contributed by atoms with Gasteiger partial charge in [0, 0.05) is 11.2 Å². The maximum Gasteiger partial charge on any atom is 0.315 e. The van der Waals surface area contributed by atoms with Crippen molar-refractivity contribution >= 4 is 37.5 Å². The Morgan fingerprint density at radius 2 is 2.22 bits per heavy atom. The summed E-state index contributed by atoms with van der Waals surface area (Å²) < 4.78 is 18.8. The molecule has 0 saturated heterocycles. The highest BCUT2D eigenvalue weighted by atomic mass is 79.9. The second kappa shape index (κ2) is 7.04. The van der Waals surface area contributed by atoms with Crippen LogP contribution in [0.15, 0.2) is 16.6 Å².